The predicted octanol–water partition coefficient (Wildman–Crippen LogP) is 4.75. The molecule has 0 fully saturated rings. The highest BCUT2D eigenvalue weighted by atomic mass is 79.9. The molecule has 0 saturated heterocycles. The van der Waals surface area contributed by atoms with Gasteiger partial charge in [-0.25, -0.2) is 14.2 Å². The van der Waals surface area contributed by atoms with Crippen molar-refractivity contribution in [2.45, 2.75) is 13.0 Å². The Bertz CT molecular complexity index is 1910. The average Bonchev–Trinajstić information content (AvgIpc) is 3.30. The number of thiazole rings is 1. The Morgan fingerprint density at radius 1 is 1.19 bits per heavy atom. The lowest BCUT2D eigenvalue weighted by atomic mass is 9.93. The summed E-state index contributed by atoms with van der Waals surface area (Å²) in [6, 6.07) is 19.3. The molecule has 0 spiro atoms. The molecule has 1 aliphatic heterocycles. The Morgan fingerprint density at radius 2 is 1.93 bits per heavy atom. The second-order valence-corrected chi connectivity index (χ2v) is 10.8. The molecular weight excluding hydrogens is 625 g/mol. The third kappa shape index (κ3) is 5.64. The zero-order valence-electron chi connectivity index (χ0n) is 22.5. The van der Waals surface area contributed by atoms with Crippen molar-refractivity contribution in [2.75, 3.05) is 20.3 Å². The van der Waals surface area contributed by atoms with Crippen LogP contribution in [-0.2, 0) is 9.53 Å². The lowest BCUT2D eigenvalue weighted by molar-refractivity contribution is -0.138. The molecule has 0 saturated carbocycles. The Balaban J connectivity index is 1.77. The number of halogens is 2. The molecule has 5 rings (SSSR count). The van der Waals surface area contributed by atoms with Crippen LogP contribution >= 0.6 is 27.3 Å². The third-order valence-corrected chi connectivity index (χ3v) is 7.96. The first kappa shape index (κ1) is 29.0. The van der Waals surface area contributed by atoms with E-state index in [-0.39, 0.29) is 24.3 Å². The van der Waals surface area contributed by atoms with Gasteiger partial charge in [-0.15, -0.1) is 0 Å². The van der Waals surface area contributed by atoms with Crippen LogP contribution in [0.5, 0.6) is 11.5 Å². The van der Waals surface area contributed by atoms with Crippen LogP contribution in [0.1, 0.15) is 29.7 Å². The molecule has 42 heavy (non-hydrogen) atoms. The van der Waals surface area contributed by atoms with Crippen molar-refractivity contribution >= 4 is 45.0 Å². The maximum atomic E-state index is 14.0. The highest BCUT2D eigenvalue weighted by molar-refractivity contribution is 9.10. The standard InChI is InChI=1S/C31H23BrFN3O5S/c1-3-40-30(38)25-26(19-7-5-4-6-8-19)35-31-36(27(25)20-9-11-21(33)12-10-20)29(37)24(42-31)17-18-15-22(32)28(41-14-13-34)23(16-18)39-2/h4-12,15-17,27H,3,14H2,1-2H3. The minimum Gasteiger partial charge on any atom is -0.493 e. The molecule has 8 nitrogen and oxygen atoms in total. The molecule has 3 aromatic carbocycles. The lowest BCUT2D eigenvalue weighted by Crippen LogP contribution is -2.40. The number of benzene rings is 3. The van der Waals surface area contributed by atoms with Crippen LogP contribution in [0, 0.1) is 17.1 Å². The SMILES string of the molecule is CCOC(=O)C1=C(c2ccccc2)N=c2sc(=Cc3cc(Br)c(OCC#N)c(OC)c3)c(=O)n2C1c1ccc(F)cc1. The molecular formula is C31H23BrFN3O5S. The number of fused-ring (bicyclic) bond motifs is 1. The molecule has 0 radical (unpaired) electrons. The van der Waals surface area contributed by atoms with Gasteiger partial charge in [-0.2, -0.15) is 5.26 Å². The van der Waals surface area contributed by atoms with Gasteiger partial charge in [0.15, 0.2) is 22.9 Å². The normalized spacial score (nSPS) is 14.5. The minimum absolute atomic E-state index is 0.121. The van der Waals surface area contributed by atoms with Gasteiger partial charge in [-0.1, -0.05) is 53.8 Å². The topological polar surface area (TPSA) is 103 Å². The fraction of sp³-hybridized carbons (Fsp3) is 0.161. The van der Waals surface area contributed by atoms with E-state index in [2.05, 4.69) is 15.9 Å². The summed E-state index contributed by atoms with van der Waals surface area (Å²) in [5.41, 5.74) is 1.99. The van der Waals surface area contributed by atoms with E-state index >= 15 is 0 Å². The fourth-order valence-corrected chi connectivity index (χ4v) is 6.20. The van der Waals surface area contributed by atoms with E-state index in [0.717, 1.165) is 11.3 Å². The van der Waals surface area contributed by atoms with Gasteiger partial charge in [0.1, 0.15) is 11.9 Å². The summed E-state index contributed by atoms with van der Waals surface area (Å²) in [6.45, 7) is 1.66. The first-order valence-corrected chi connectivity index (χ1v) is 14.4. The summed E-state index contributed by atoms with van der Waals surface area (Å²) in [5.74, 6) is -0.331. The molecule has 2 heterocycles. The van der Waals surface area contributed by atoms with Crippen LogP contribution in [0.15, 0.2) is 86.6 Å². The molecule has 0 bridgehead atoms. The zero-order valence-corrected chi connectivity index (χ0v) is 24.9. The first-order chi connectivity index (χ1) is 20.4. The molecule has 0 amide bonds. The Morgan fingerprint density at radius 3 is 2.60 bits per heavy atom. The zero-order chi connectivity index (χ0) is 29.8. The number of nitrogens with zero attached hydrogens (tertiary/aromatic N) is 3. The molecule has 0 aliphatic carbocycles. The van der Waals surface area contributed by atoms with E-state index in [0.29, 0.717) is 47.7 Å². The number of hydrogen-bond donors (Lipinski definition) is 0. The average molecular weight is 649 g/mol. The third-order valence-electron chi connectivity index (χ3n) is 6.39. The second kappa shape index (κ2) is 12.5. The summed E-state index contributed by atoms with van der Waals surface area (Å²) < 4.78 is 32.7. The van der Waals surface area contributed by atoms with Crippen molar-refractivity contribution in [2.24, 2.45) is 4.99 Å². The van der Waals surface area contributed by atoms with Crippen molar-refractivity contribution < 1.29 is 23.4 Å². The van der Waals surface area contributed by atoms with Crippen LogP contribution in [0.25, 0.3) is 11.8 Å². The van der Waals surface area contributed by atoms with Crippen LogP contribution in [0.4, 0.5) is 4.39 Å². The number of nitriles is 1. The van der Waals surface area contributed by atoms with E-state index in [1.54, 1.807) is 37.3 Å². The number of carbonyl (C=O) groups excluding carboxylic acids is 1. The molecule has 212 valence electrons. The molecule has 1 unspecified atom stereocenters. The highest BCUT2D eigenvalue weighted by Gasteiger charge is 2.35. The van der Waals surface area contributed by atoms with Gasteiger partial charge in [0.25, 0.3) is 5.56 Å². The maximum Gasteiger partial charge on any atom is 0.338 e. The van der Waals surface area contributed by atoms with Crippen LogP contribution in [0.2, 0.25) is 0 Å². The second-order valence-electron chi connectivity index (χ2n) is 8.96. The maximum absolute atomic E-state index is 14.0. The summed E-state index contributed by atoms with van der Waals surface area (Å²) in [5, 5.41) is 8.90. The van der Waals surface area contributed by atoms with E-state index in [4.69, 9.17) is 24.5 Å². The van der Waals surface area contributed by atoms with Crippen LogP contribution in [0.3, 0.4) is 0 Å². The predicted molar refractivity (Wildman–Crippen MR) is 159 cm³/mol. The van der Waals surface area contributed by atoms with Gasteiger partial charge in [0, 0.05) is 5.56 Å². The number of hydrogen-bond acceptors (Lipinski definition) is 8. The van der Waals surface area contributed by atoms with E-state index < -0.39 is 17.8 Å². The van der Waals surface area contributed by atoms with Crippen molar-refractivity contribution in [3.63, 3.8) is 0 Å². The number of aromatic nitrogens is 1. The van der Waals surface area contributed by atoms with Crippen LogP contribution in [-0.4, -0.2) is 30.9 Å². The number of methoxy groups -OCH3 is 1. The van der Waals surface area contributed by atoms with Gasteiger partial charge >= 0.3 is 5.97 Å². The van der Waals surface area contributed by atoms with Gasteiger partial charge in [0.2, 0.25) is 0 Å². The fourth-order valence-electron chi connectivity index (χ4n) is 4.62. The molecule has 1 atom stereocenters. The van der Waals surface area contributed by atoms with Crippen molar-refractivity contribution in [3.8, 4) is 17.6 Å². The highest BCUT2D eigenvalue weighted by Crippen LogP contribution is 2.37. The van der Waals surface area contributed by atoms with Crippen LogP contribution < -0.4 is 24.4 Å². The largest absolute Gasteiger partial charge is 0.493 e. The Hall–Kier alpha value is -4.53. The quantitative estimate of drug-likeness (QED) is 0.256. The smallest absolute Gasteiger partial charge is 0.338 e. The number of esters is 1. The minimum atomic E-state index is -0.915. The van der Waals surface area contributed by atoms with E-state index in [1.165, 1.54) is 23.8 Å². The molecule has 11 heteroatoms. The summed E-state index contributed by atoms with van der Waals surface area (Å²) >= 11 is 4.61. The molecule has 0 N–H and O–H groups in total. The van der Waals surface area contributed by atoms with E-state index in [9.17, 15) is 14.0 Å². The summed E-state index contributed by atoms with van der Waals surface area (Å²) in [7, 11) is 1.48. The number of ether oxygens (including phenoxy) is 3. The summed E-state index contributed by atoms with van der Waals surface area (Å²) in [4.78, 5) is 32.7. The molecule has 1 aliphatic rings. The van der Waals surface area contributed by atoms with Crippen molar-refractivity contribution in [1.82, 2.24) is 4.57 Å². The molecule has 1 aromatic heterocycles. The van der Waals surface area contributed by atoms with Crippen molar-refractivity contribution in [3.05, 3.63) is 119 Å². The Labute approximate surface area is 252 Å². The number of rotatable bonds is 8. The Kier molecular flexibility index (Phi) is 8.66. The summed E-state index contributed by atoms with van der Waals surface area (Å²) in [6.07, 6.45) is 1.68. The van der Waals surface area contributed by atoms with Crippen molar-refractivity contribution in [1.29, 1.82) is 5.26 Å². The molecule has 4 aromatic rings. The van der Waals surface area contributed by atoms with Gasteiger partial charge < -0.3 is 14.2 Å². The first-order valence-electron chi connectivity index (χ1n) is 12.8. The van der Waals surface area contributed by atoms with Gasteiger partial charge in [-0.3, -0.25) is 9.36 Å². The monoisotopic (exact) mass is 647 g/mol. The van der Waals surface area contributed by atoms with Gasteiger partial charge in [-0.05, 0) is 64.3 Å². The van der Waals surface area contributed by atoms with Gasteiger partial charge in [0.05, 0.1) is 40.0 Å². The van der Waals surface area contributed by atoms with E-state index in [1.807, 2.05) is 36.4 Å². The number of carbonyl (C=O) groups is 1. The lowest BCUT2D eigenvalue weighted by Gasteiger charge is -2.25.